The highest BCUT2D eigenvalue weighted by molar-refractivity contribution is 6.53. The lowest BCUT2D eigenvalue weighted by Crippen LogP contribution is -2.30. The minimum atomic E-state index is -0.457. The average molecular weight is 294 g/mol. The molecule has 3 heteroatoms. The van der Waals surface area contributed by atoms with Gasteiger partial charge in [-0.1, -0.05) is 32.6 Å². The molecule has 1 aromatic carbocycles. The van der Waals surface area contributed by atoms with E-state index in [2.05, 4.69) is 26.5 Å². The summed E-state index contributed by atoms with van der Waals surface area (Å²) >= 11 is 0. The van der Waals surface area contributed by atoms with Gasteiger partial charge in [0, 0.05) is 11.1 Å². The number of carbonyl (C=O) groups is 2. The van der Waals surface area contributed by atoms with Crippen LogP contribution >= 0.6 is 0 Å². The molecule has 0 saturated heterocycles. The van der Waals surface area contributed by atoms with Gasteiger partial charge in [0.2, 0.25) is 11.6 Å². The van der Waals surface area contributed by atoms with Crippen molar-refractivity contribution < 1.29 is 14.3 Å². The lowest BCUT2D eigenvalue weighted by molar-refractivity contribution is -0.111. The van der Waals surface area contributed by atoms with E-state index in [0.717, 1.165) is 30.4 Å². The number of fused-ring (bicyclic) bond motifs is 4. The fourth-order valence-corrected chi connectivity index (χ4v) is 4.00. The second-order valence-electron chi connectivity index (χ2n) is 7.01. The van der Waals surface area contributed by atoms with E-state index in [0.29, 0.717) is 29.1 Å². The minimum Gasteiger partial charge on any atom is -0.487 e. The molecular weight excluding hydrogens is 276 g/mol. The summed E-state index contributed by atoms with van der Waals surface area (Å²) in [6, 6.07) is 4.05. The SMILES string of the molecule is C=C1COC2=C1C(=O)C(=O)c1c2ccc2c1CCCC2(C)C. The summed E-state index contributed by atoms with van der Waals surface area (Å²) in [5, 5.41) is 0. The van der Waals surface area contributed by atoms with Crippen molar-refractivity contribution in [2.75, 3.05) is 6.61 Å². The number of carbonyl (C=O) groups excluding carboxylic acids is 2. The second-order valence-corrected chi connectivity index (χ2v) is 7.01. The molecule has 1 heterocycles. The van der Waals surface area contributed by atoms with E-state index < -0.39 is 11.6 Å². The highest BCUT2D eigenvalue weighted by atomic mass is 16.5. The van der Waals surface area contributed by atoms with Crippen LogP contribution < -0.4 is 0 Å². The number of hydrogen-bond donors (Lipinski definition) is 0. The van der Waals surface area contributed by atoms with Gasteiger partial charge in [-0.15, -0.1) is 0 Å². The van der Waals surface area contributed by atoms with Gasteiger partial charge in [-0.05, 0) is 41.4 Å². The molecule has 0 N–H and O–H groups in total. The number of Topliss-reactive ketones (excluding diaryl/α,β-unsaturated/α-hetero) is 2. The summed E-state index contributed by atoms with van der Waals surface area (Å²) in [6.45, 7) is 8.55. The lowest BCUT2D eigenvalue weighted by atomic mass is 9.69. The Balaban J connectivity index is 2.04. The number of benzene rings is 1. The Kier molecular flexibility index (Phi) is 2.57. The van der Waals surface area contributed by atoms with Gasteiger partial charge >= 0.3 is 0 Å². The van der Waals surface area contributed by atoms with E-state index in [9.17, 15) is 9.59 Å². The van der Waals surface area contributed by atoms with E-state index in [1.165, 1.54) is 5.56 Å². The molecule has 2 aliphatic carbocycles. The molecule has 0 unspecified atom stereocenters. The summed E-state index contributed by atoms with van der Waals surface area (Å²) in [5.74, 6) is -0.299. The standard InChI is InChI=1S/C19H18O3/c1-10-9-22-18-12-6-7-13-11(5-4-8-19(13,2)3)15(12)17(21)16(20)14(10)18/h6-7H,1,4-5,8-9H2,2-3H3. The predicted molar refractivity (Wildman–Crippen MR) is 83.8 cm³/mol. The molecule has 0 bridgehead atoms. The summed E-state index contributed by atoms with van der Waals surface area (Å²) in [4.78, 5) is 25.2. The molecule has 0 amide bonds. The van der Waals surface area contributed by atoms with Crippen molar-refractivity contribution >= 4 is 17.3 Å². The highest BCUT2D eigenvalue weighted by Gasteiger charge is 2.41. The molecule has 1 aromatic rings. The maximum absolute atomic E-state index is 12.7. The Morgan fingerprint density at radius 2 is 1.95 bits per heavy atom. The zero-order valence-corrected chi connectivity index (χ0v) is 12.9. The van der Waals surface area contributed by atoms with E-state index in [1.807, 2.05) is 6.07 Å². The van der Waals surface area contributed by atoms with Crippen LogP contribution in [0.25, 0.3) is 5.76 Å². The Labute approximate surface area is 129 Å². The molecular formula is C19H18O3. The Morgan fingerprint density at radius 1 is 1.18 bits per heavy atom. The third kappa shape index (κ3) is 1.57. The zero-order chi connectivity index (χ0) is 15.6. The third-order valence-electron chi connectivity index (χ3n) is 5.15. The first kappa shape index (κ1) is 13.5. The molecule has 0 spiro atoms. The molecule has 22 heavy (non-hydrogen) atoms. The van der Waals surface area contributed by atoms with Crippen LogP contribution in [0.15, 0.2) is 29.9 Å². The molecule has 0 radical (unpaired) electrons. The molecule has 3 nitrogen and oxygen atoms in total. The van der Waals surface area contributed by atoms with Gasteiger partial charge in [-0.2, -0.15) is 0 Å². The lowest BCUT2D eigenvalue weighted by Gasteiger charge is -2.35. The maximum Gasteiger partial charge on any atom is 0.237 e. The summed E-state index contributed by atoms with van der Waals surface area (Å²) in [6.07, 6.45) is 2.99. The van der Waals surface area contributed by atoms with Crippen LogP contribution in [0, 0.1) is 0 Å². The van der Waals surface area contributed by atoms with Crippen molar-refractivity contribution in [3.05, 3.63) is 52.1 Å². The van der Waals surface area contributed by atoms with Crippen LogP contribution in [0.1, 0.15) is 53.7 Å². The quantitative estimate of drug-likeness (QED) is 0.689. The van der Waals surface area contributed by atoms with Crippen LogP contribution in [0.4, 0.5) is 0 Å². The van der Waals surface area contributed by atoms with Gasteiger partial charge < -0.3 is 4.74 Å². The Morgan fingerprint density at radius 3 is 2.73 bits per heavy atom. The largest absolute Gasteiger partial charge is 0.487 e. The zero-order valence-electron chi connectivity index (χ0n) is 12.9. The van der Waals surface area contributed by atoms with Crippen LogP contribution in [0.3, 0.4) is 0 Å². The number of hydrogen-bond acceptors (Lipinski definition) is 3. The van der Waals surface area contributed by atoms with Gasteiger partial charge in [0.15, 0.2) is 0 Å². The van der Waals surface area contributed by atoms with Crippen LogP contribution in [-0.2, 0) is 21.4 Å². The molecule has 112 valence electrons. The number of ketones is 2. The van der Waals surface area contributed by atoms with Crippen molar-refractivity contribution in [1.82, 2.24) is 0 Å². The van der Waals surface area contributed by atoms with Crippen molar-refractivity contribution in [1.29, 1.82) is 0 Å². The smallest absolute Gasteiger partial charge is 0.237 e. The van der Waals surface area contributed by atoms with E-state index in [4.69, 9.17) is 4.74 Å². The average Bonchev–Trinajstić information content (AvgIpc) is 2.86. The van der Waals surface area contributed by atoms with Gasteiger partial charge in [-0.25, -0.2) is 0 Å². The highest BCUT2D eigenvalue weighted by Crippen LogP contribution is 2.44. The molecule has 1 aliphatic heterocycles. The van der Waals surface area contributed by atoms with Crippen molar-refractivity contribution in [2.45, 2.75) is 38.5 Å². The first-order chi connectivity index (χ1) is 10.4. The van der Waals surface area contributed by atoms with Gasteiger partial charge in [0.25, 0.3) is 0 Å². The monoisotopic (exact) mass is 294 g/mol. The van der Waals surface area contributed by atoms with Crippen molar-refractivity contribution in [3.63, 3.8) is 0 Å². The third-order valence-corrected chi connectivity index (χ3v) is 5.15. The number of rotatable bonds is 0. The van der Waals surface area contributed by atoms with Crippen LogP contribution in [-0.4, -0.2) is 18.2 Å². The van der Waals surface area contributed by atoms with Gasteiger partial charge in [0.05, 0.1) is 5.57 Å². The normalized spacial score (nSPS) is 22.2. The van der Waals surface area contributed by atoms with Gasteiger partial charge in [-0.3, -0.25) is 9.59 Å². The van der Waals surface area contributed by atoms with Crippen molar-refractivity contribution in [2.24, 2.45) is 0 Å². The molecule has 0 atom stereocenters. The van der Waals surface area contributed by atoms with Crippen LogP contribution in [0.5, 0.6) is 0 Å². The summed E-state index contributed by atoms with van der Waals surface area (Å²) < 4.78 is 5.66. The molecule has 4 rings (SSSR count). The Hall–Kier alpha value is -2.16. The van der Waals surface area contributed by atoms with E-state index >= 15 is 0 Å². The fraction of sp³-hybridized carbons (Fsp3) is 0.368. The Bertz CT molecular complexity index is 793. The van der Waals surface area contributed by atoms with E-state index in [-0.39, 0.29) is 5.41 Å². The molecule has 0 saturated carbocycles. The summed E-state index contributed by atoms with van der Waals surface area (Å²) in [7, 11) is 0. The second kappa shape index (κ2) is 4.19. The minimum absolute atomic E-state index is 0.0424. The fourth-order valence-electron chi connectivity index (χ4n) is 4.00. The first-order valence-electron chi connectivity index (χ1n) is 7.73. The molecule has 0 aromatic heterocycles. The first-order valence-corrected chi connectivity index (χ1v) is 7.73. The number of ether oxygens (including phenoxy) is 1. The topological polar surface area (TPSA) is 43.4 Å². The van der Waals surface area contributed by atoms with E-state index in [1.54, 1.807) is 0 Å². The van der Waals surface area contributed by atoms with Crippen LogP contribution in [0.2, 0.25) is 0 Å². The maximum atomic E-state index is 12.7. The molecule has 3 aliphatic rings. The molecule has 0 fully saturated rings. The van der Waals surface area contributed by atoms with Gasteiger partial charge in [0.1, 0.15) is 12.4 Å². The summed E-state index contributed by atoms with van der Waals surface area (Å²) in [5.41, 5.74) is 4.61. The predicted octanol–water partition coefficient (Wildman–Crippen LogP) is 3.36. The van der Waals surface area contributed by atoms with Crippen molar-refractivity contribution in [3.8, 4) is 0 Å².